The Hall–Kier alpha value is -3.37. The first kappa shape index (κ1) is 21.8. The largest absolute Gasteiger partial charge is 0.507 e. The maximum Gasteiger partial charge on any atom is 0.350 e. The number of aromatic nitrogens is 1. The molecule has 1 amide bonds. The molecule has 2 aromatic heterocycles. The van der Waals surface area contributed by atoms with Gasteiger partial charge in [-0.25, -0.2) is 14.2 Å². The van der Waals surface area contributed by atoms with E-state index in [4.69, 9.17) is 4.74 Å². The molecule has 1 aliphatic rings. The molecular weight excluding hydrogens is 455 g/mol. The van der Waals surface area contributed by atoms with E-state index < -0.39 is 35.3 Å². The van der Waals surface area contributed by atoms with E-state index in [1.165, 1.54) is 28.4 Å². The average Bonchev–Trinajstić information content (AvgIpc) is 3.48. The zero-order valence-corrected chi connectivity index (χ0v) is 18.6. The summed E-state index contributed by atoms with van der Waals surface area (Å²) in [5, 5.41) is 12.8. The van der Waals surface area contributed by atoms with Crippen molar-refractivity contribution in [2.45, 2.75) is 19.9 Å². The summed E-state index contributed by atoms with van der Waals surface area (Å²) in [4.78, 5) is 44.7. The monoisotopic (exact) mass is 472 g/mol. The third-order valence-corrected chi connectivity index (χ3v) is 6.89. The van der Waals surface area contributed by atoms with Crippen molar-refractivity contribution in [2.75, 3.05) is 11.5 Å². The number of hydrogen-bond acceptors (Lipinski definition) is 8. The summed E-state index contributed by atoms with van der Waals surface area (Å²) in [5.41, 5.74) is 0.442. The number of thiophene rings is 1. The first-order chi connectivity index (χ1) is 15.3. The van der Waals surface area contributed by atoms with Gasteiger partial charge < -0.3 is 9.84 Å². The van der Waals surface area contributed by atoms with Gasteiger partial charge in [0.15, 0.2) is 5.13 Å². The van der Waals surface area contributed by atoms with Crippen LogP contribution in [0.15, 0.2) is 47.4 Å². The Morgan fingerprint density at radius 1 is 1.25 bits per heavy atom. The molecule has 3 aromatic rings. The number of hydrogen-bond donors (Lipinski definition) is 1. The van der Waals surface area contributed by atoms with Gasteiger partial charge in [0.05, 0.1) is 17.9 Å². The Morgan fingerprint density at radius 3 is 2.59 bits per heavy atom. The van der Waals surface area contributed by atoms with Gasteiger partial charge in [0.1, 0.15) is 22.5 Å². The van der Waals surface area contributed by atoms with Gasteiger partial charge in [0.25, 0.3) is 5.78 Å². The highest BCUT2D eigenvalue weighted by atomic mass is 32.1. The van der Waals surface area contributed by atoms with Crippen LogP contribution in [0.1, 0.15) is 38.8 Å². The second-order valence-electron chi connectivity index (χ2n) is 6.82. The van der Waals surface area contributed by atoms with Crippen molar-refractivity contribution in [3.63, 3.8) is 0 Å². The number of Topliss-reactive ketones (excluding diaryl/α,β-unsaturated/α-hetero) is 1. The van der Waals surface area contributed by atoms with Crippen molar-refractivity contribution in [2.24, 2.45) is 0 Å². The highest BCUT2D eigenvalue weighted by molar-refractivity contribution is 7.18. The smallest absolute Gasteiger partial charge is 0.350 e. The summed E-state index contributed by atoms with van der Waals surface area (Å²) >= 11 is 2.24. The van der Waals surface area contributed by atoms with Crippen LogP contribution in [-0.2, 0) is 14.3 Å². The lowest BCUT2D eigenvalue weighted by Gasteiger charge is -2.21. The number of aliphatic hydroxyl groups is 1. The molecule has 0 bridgehead atoms. The van der Waals surface area contributed by atoms with Crippen LogP contribution in [0.3, 0.4) is 0 Å². The molecular formula is C22H17FN2O5S2. The highest BCUT2D eigenvalue weighted by Crippen LogP contribution is 2.45. The van der Waals surface area contributed by atoms with Crippen molar-refractivity contribution >= 4 is 51.2 Å². The number of carbonyl (C=O) groups excluding carboxylic acids is 3. The Balaban J connectivity index is 1.87. The van der Waals surface area contributed by atoms with Crippen LogP contribution >= 0.6 is 22.7 Å². The summed E-state index contributed by atoms with van der Waals surface area (Å²) in [6.45, 7) is 3.48. The molecule has 32 heavy (non-hydrogen) atoms. The molecule has 0 aliphatic carbocycles. The predicted octanol–water partition coefficient (Wildman–Crippen LogP) is 4.46. The highest BCUT2D eigenvalue weighted by Gasteiger charge is 2.48. The molecule has 1 aliphatic heterocycles. The first-order valence-electron chi connectivity index (χ1n) is 9.58. The standard InChI is InChI=1S/C22H17FN2O5S2/c1-3-30-21(29)19-11(2)24-22(32-19)25-16(14-5-4-10-31-14)15(18(27)20(25)28)17(26)12-6-8-13(23)9-7-12/h4-10,16,26H,3H2,1-2H3. The number of thiazole rings is 1. The lowest BCUT2D eigenvalue weighted by molar-refractivity contribution is -0.132. The molecule has 1 N–H and O–H groups in total. The minimum absolute atomic E-state index is 0.130. The van der Waals surface area contributed by atoms with Crippen LogP contribution in [0.2, 0.25) is 0 Å². The van der Waals surface area contributed by atoms with Crippen molar-refractivity contribution in [3.8, 4) is 0 Å². The Bertz CT molecular complexity index is 1230. The van der Waals surface area contributed by atoms with E-state index in [1.807, 2.05) is 0 Å². The fourth-order valence-corrected chi connectivity index (χ4v) is 5.19. The molecule has 3 heterocycles. The second-order valence-corrected chi connectivity index (χ2v) is 8.78. The number of benzene rings is 1. The van der Waals surface area contributed by atoms with Crippen molar-refractivity contribution < 1.29 is 28.6 Å². The number of rotatable bonds is 5. The van der Waals surface area contributed by atoms with Crippen LogP contribution in [0.4, 0.5) is 9.52 Å². The van der Waals surface area contributed by atoms with Gasteiger partial charge in [-0.2, -0.15) is 0 Å². The van der Waals surface area contributed by atoms with E-state index in [9.17, 15) is 23.9 Å². The lowest BCUT2D eigenvalue weighted by atomic mass is 10.00. The average molecular weight is 473 g/mol. The van der Waals surface area contributed by atoms with Gasteiger partial charge in [-0.05, 0) is 49.6 Å². The molecule has 4 rings (SSSR count). The molecule has 164 valence electrons. The summed E-state index contributed by atoms with van der Waals surface area (Å²) in [5.74, 6) is -3.25. The first-order valence-corrected chi connectivity index (χ1v) is 11.3. The lowest BCUT2D eigenvalue weighted by Crippen LogP contribution is -2.29. The summed E-state index contributed by atoms with van der Waals surface area (Å²) in [7, 11) is 0. The fraction of sp³-hybridized carbons (Fsp3) is 0.182. The number of amides is 1. The van der Waals surface area contributed by atoms with Gasteiger partial charge in [-0.3, -0.25) is 14.5 Å². The van der Waals surface area contributed by atoms with Gasteiger partial charge >= 0.3 is 11.9 Å². The van der Waals surface area contributed by atoms with E-state index in [0.717, 1.165) is 23.5 Å². The van der Waals surface area contributed by atoms with Gasteiger partial charge in [0, 0.05) is 10.4 Å². The van der Waals surface area contributed by atoms with Crippen LogP contribution in [0, 0.1) is 12.7 Å². The number of anilines is 1. The van der Waals surface area contributed by atoms with E-state index in [0.29, 0.717) is 10.6 Å². The van der Waals surface area contributed by atoms with E-state index in [-0.39, 0.29) is 27.8 Å². The van der Waals surface area contributed by atoms with Gasteiger partial charge in [-0.15, -0.1) is 11.3 Å². The Morgan fingerprint density at radius 2 is 1.97 bits per heavy atom. The van der Waals surface area contributed by atoms with E-state index >= 15 is 0 Å². The minimum Gasteiger partial charge on any atom is -0.507 e. The zero-order chi connectivity index (χ0) is 23.0. The molecule has 1 atom stereocenters. The summed E-state index contributed by atoms with van der Waals surface area (Å²) in [6, 6.07) is 7.52. The van der Waals surface area contributed by atoms with Crippen LogP contribution < -0.4 is 4.90 Å². The van der Waals surface area contributed by atoms with E-state index in [2.05, 4.69) is 4.98 Å². The molecule has 10 heteroatoms. The normalized spacial score (nSPS) is 17.7. The van der Waals surface area contributed by atoms with Crippen molar-refractivity contribution in [1.82, 2.24) is 4.98 Å². The number of halogens is 1. The zero-order valence-electron chi connectivity index (χ0n) is 17.0. The molecule has 1 saturated heterocycles. The van der Waals surface area contributed by atoms with Gasteiger partial charge in [-0.1, -0.05) is 17.4 Å². The number of ketones is 1. The Labute approximate surface area is 190 Å². The van der Waals surface area contributed by atoms with Crippen molar-refractivity contribution in [1.29, 1.82) is 0 Å². The third-order valence-electron chi connectivity index (χ3n) is 4.83. The van der Waals surface area contributed by atoms with Crippen LogP contribution in [-0.4, -0.2) is 34.4 Å². The molecule has 1 fully saturated rings. The number of nitrogens with zero attached hydrogens (tertiary/aromatic N) is 2. The quantitative estimate of drug-likeness (QED) is 0.255. The summed E-state index contributed by atoms with van der Waals surface area (Å²) in [6.07, 6.45) is 0. The number of aliphatic hydroxyl groups excluding tert-OH is 1. The molecule has 1 aromatic carbocycles. The van der Waals surface area contributed by atoms with Crippen molar-refractivity contribution in [3.05, 3.63) is 74.2 Å². The maximum absolute atomic E-state index is 13.3. The fourth-order valence-electron chi connectivity index (χ4n) is 3.38. The number of esters is 1. The third kappa shape index (κ3) is 3.71. The van der Waals surface area contributed by atoms with E-state index in [1.54, 1.807) is 31.4 Å². The predicted molar refractivity (Wildman–Crippen MR) is 118 cm³/mol. The number of carbonyl (C=O) groups is 3. The molecule has 0 radical (unpaired) electrons. The number of ether oxygens (including phenoxy) is 1. The molecule has 0 spiro atoms. The topological polar surface area (TPSA) is 96.8 Å². The minimum atomic E-state index is -0.944. The van der Waals surface area contributed by atoms with Gasteiger partial charge in [0.2, 0.25) is 0 Å². The summed E-state index contributed by atoms with van der Waals surface area (Å²) < 4.78 is 18.4. The molecule has 7 nitrogen and oxygen atoms in total. The SMILES string of the molecule is CCOC(=O)c1sc(N2C(=O)C(=O)C(=C(O)c3ccc(F)cc3)C2c2cccs2)nc1C. The van der Waals surface area contributed by atoms with Crippen LogP contribution in [0.25, 0.3) is 5.76 Å². The molecule has 0 saturated carbocycles. The molecule has 1 unspecified atom stereocenters. The van der Waals surface area contributed by atoms with Crippen LogP contribution in [0.5, 0.6) is 0 Å². The maximum atomic E-state index is 13.3. The number of aryl methyl sites for hydroxylation is 1. The second kappa shape index (κ2) is 8.64. The Kier molecular flexibility index (Phi) is 5.90.